The molecule has 88 valence electrons. The number of H-pyrrole nitrogens is 1. The molecule has 0 fully saturated rings. The van der Waals surface area contributed by atoms with Crippen molar-refractivity contribution in [2.75, 3.05) is 0 Å². The molecule has 2 N–H and O–H groups in total. The minimum Gasteiger partial charge on any atom is -0.347 e. The Morgan fingerprint density at radius 1 is 1.41 bits per heavy atom. The van der Waals surface area contributed by atoms with Gasteiger partial charge in [-0.15, -0.1) is 0 Å². The van der Waals surface area contributed by atoms with Crippen LogP contribution in [0.2, 0.25) is 0 Å². The van der Waals surface area contributed by atoms with Gasteiger partial charge in [0.2, 0.25) is 0 Å². The second kappa shape index (κ2) is 5.58. The summed E-state index contributed by atoms with van der Waals surface area (Å²) in [7, 11) is 0. The number of alkyl halides is 1. The summed E-state index contributed by atoms with van der Waals surface area (Å²) in [6.45, 7) is 0.479. The molecule has 17 heavy (non-hydrogen) atoms. The molecule has 6 heteroatoms. The summed E-state index contributed by atoms with van der Waals surface area (Å²) in [5.74, 6) is -0.233. The molecule has 0 aliphatic rings. The summed E-state index contributed by atoms with van der Waals surface area (Å²) >= 11 is 3.39. The number of nitrogens with zero attached hydrogens (tertiary/aromatic N) is 2. The molecule has 0 aliphatic heterocycles. The van der Waals surface area contributed by atoms with Crippen molar-refractivity contribution in [1.82, 2.24) is 20.7 Å². The topological polar surface area (TPSA) is 70.7 Å². The number of aromatic nitrogens is 3. The van der Waals surface area contributed by atoms with E-state index in [2.05, 4.69) is 36.7 Å². The first-order chi connectivity index (χ1) is 8.29. The van der Waals surface area contributed by atoms with Gasteiger partial charge in [-0.2, -0.15) is 15.4 Å². The van der Waals surface area contributed by atoms with E-state index in [4.69, 9.17) is 0 Å². The largest absolute Gasteiger partial charge is 0.347 e. The fraction of sp³-hybridized carbons (Fsp3) is 0.182. The highest BCUT2D eigenvalue weighted by atomic mass is 79.9. The van der Waals surface area contributed by atoms with Crippen molar-refractivity contribution < 1.29 is 4.79 Å². The number of carbonyl (C=O) groups is 1. The van der Waals surface area contributed by atoms with Crippen LogP contribution in [0.4, 0.5) is 0 Å². The Hall–Kier alpha value is -1.69. The molecule has 1 aromatic heterocycles. The fourth-order valence-electron chi connectivity index (χ4n) is 1.41. The van der Waals surface area contributed by atoms with Gasteiger partial charge >= 0.3 is 0 Å². The van der Waals surface area contributed by atoms with E-state index in [9.17, 15) is 4.79 Å². The molecule has 0 spiro atoms. The monoisotopic (exact) mass is 294 g/mol. The van der Waals surface area contributed by atoms with Gasteiger partial charge in [-0.05, 0) is 11.1 Å². The predicted octanol–water partition coefficient (Wildman–Crippen LogP) is 1.63. The standard InChI is InChI=1S/C11H11BrN4O/c12-5-8-2-1-3-9(4-8)6-13-11(17)10-7-14-16-15-10/h1-4,7H,5-6H2,(H,13,17)(H,14,15,16). The van der Waals surface area contributed by atoms with E-state index >= 15 is 0 Å². The summed E-state index contributed by atoms with van der Waals surface area (Å²) in [6.07, 6.45) is 1.39. The molecule has 0 bridgehead atoms. The van der Waals surface area contributed by atoms with Crippen molar-refractivity contribution in [3.63, 3.8) is 0 Å². The van der Waals surface area contributed by atoms with Gasteiger partial charge in [0.15, 0.2) is 5.69 Å². The van der Waals surface area contributed by atoms with E-state index in [-0.39, 0.29) is 5.91 Å². The number of hydrogen-bond donors (Lipinski definition) is 2. The van der Waals surface area contributed by atoms with Crippen LogP contribution in [0.25, 0.3) is 0 Å². The van der Waals surface area contributed by atoms with Gasteiger partial charge < -0.3 is 5.32 Å². The second-order valence-corrected chi connectivity index (χ2v) is 4.05. The highest BCUT2D eigenvalue weighted by molar-refractivity contribution is 9.08. The number of nitrogens with one attached hydrogen (secondary N) is 2. The molecular formula is C11H11BrN4O. The van der Waals surface area contributed by atoms with Gasteiger partial charge in [-0.25, -0.2) is 0 Å². The van der Waals surface area contributed by atoms with Crippen LogP contribution < -0.4 is 5.32 Å². The molecule has 0 atom stereocenters. The fourth-order valence-corrected chi connectivity index (χ4v) is 1.76. The lowest BCUT2D eigenvalue weighted by atomic mass is 10.1. The quantitative estimate of drug-likeness (QED) is 0.842. The van der Waals surface area contributed by atoms with E-state index in [0.29, 0.717) is 12.2 Å². The molecule has 0 saturated heterocycles. The Balaban J connectivity index is 1.95. The summed E-state index contributed by atoms with van der Waals surface area (Å²) < 4.78 is 0. The molecule has 0 radical (unpaired) electrons. The van der Waals surface area contributed by atoms with Crippen LogP contribution in [0, 0.1) is 0 Å². The van der Waals surface area contributed by atoms with Crippen molar-refractivity contribution >= 4 is 21.8 Å². The lowest BCUT2D eigenvalue weighted by molar-refractivity contribution is 0.0946. The third-order valence-corrected chi connectivity index (χ3v) is 2.89. The number of benzene rings is 1. The number of hydrogen-bond acceptors (Lipinski definition) is 3. The third kappa shape index (κ3) is 3.13. The van der Waals surface area contributed by atoms with Gasteiger partial charge in [0.05, 0.1) is 6.20 Å². The second-order valence-electron chi connectivity index (χ2n) is 3.49. The zero-order valence-electron chi connectivity index (χ0n) is 8.98. The van der Waals surface area contributed by atoms with Crippen molar-refractivity contribution in [2.45, 2.75) is 11.9 Å². The number of carbonyl (C=O) groups excluding carboxylic acids is 1. The third-order valence-electron chi connectivity index (χ3n) is 2.25. The molecule has 5 nitrogen and oxygen atoms in total. The zero-order chi connectivity index (χ0) is 12.1. The molecule has 1 aromatic carbocycles. The predicted molar refractivity (Wildman–Crippen MR) is 66.6 cm³/mol. The van der Waals surface area contributed by atoms with Crippen LogP contribution in [0.5, 0.6) is 0 Å². The average Bonchev–Trinajstić information content (AvgIpc) is 2.90. The molecule has 0 aliphatic carbocycles. The van der Waals surface area contributed by atoms with E-state index in [0.717, 1.165) is 10.9 Å². The van der Waals surface area contributed by atoms with Gasteiger partial charge in [0.1, 0.15) is 0 Å². The smallest absolute Gasteiger partial charge is 0.273 e. The van der Waals surface area contributed by atoms with Gasteiger partial charge in [-0.3, -0.25) is 4.79 Å². The number of rotatable bonds is 4. The Morgan fingerprint density at radius 3 is 2.94 bits per heavy atom. The van der Waals surface area contributed by atoms with Crippen molar-refractivity contribution in [1.29, 1.82) is 0 Å². The number of amides is 1. The van der Waals surface area contributed by atoms with Crippen LogP contribution in [-0.2, 0) is 11.9 Å². The van der Waals surface area contributed by atoms with Gasteiger partial charge in [0, 0.05) is 11.9 Å². The summed E-state index contributed by atoms with van der Waals surface area (Å²) in [5, 5.41) is 13.3. The van der Waals surface area contributed by atoms with Crippen LogP contribution in [0.15, 0.2) is 30.5 Å². The minimum atomic E-state index is -0.233. The van der Waals surface area contributed by atoms with Crippen LogP contribution in [0.1, 0.15) is 21.6 Å². The number of halogens is 1. The molecule has 2 rings (SSSR count). The Kier molecular flexibility index (Phi) is 3.87. The first-order valence-electron chi connectivity index (χ1n) is 5.07. The molecule has 2 aromatic rings. The number of aromatic amines is 1. The average molecular weight is 295 g/mol. The Labute approximate surface area is 107 Å². The van der Waals surface area contributed by atoms with E-state index in [1.165, 1.54) is 11.8 Å². The first kappa shape index (κ1) is 11.8. The van der Waals surface area contributed by atoms with E-state index < -0.39 is 0 Å². The summed E-state index contributed by atoms with van der Waals surface area (Å²) in [6, 6.07) is 8.00. The summed E-state index contributed by atoms with van der Waals surface area (Å²) in [5.41, 5.74) is 2.53. The SMILES string of the molecule is O=C(NCc1cccc(CBr)c1)c1cn[nH]n1. The Morgan fingerprint density at radius 2 is 2.24 bits per heavy atom. The zero-order valence-corrected chi connectivity index (χ0v) is 10.6. The highest BCUT2D eigenvalue weighted by Gasteiger charge is 2.07. The maximum Gasteiger partial charge on any atom is 0.273 e. The van der Waals surface area contributed by atoms with Crippen molar-refractivity contribution in [2.24, 2.45) is 0 Å². The highest BCUT2D eigenvalue weighted by Crippen LogP contribution is 2.08. The van der Waals surface area contributed by atoms with Crippen LogP contribution in [0.3, 0.4) is 0 Å². The molecule has 1 heterocycles. The summed E-state index contributed by atoms with van der Waals surface area (Å²) in [4.78, 5) is 11.6. The molecular weight excluding hydrogens is 284 g/mol. The van der Waals surface area contributed by atoms with Crippen LogP contribution in [-0.4, -0.2) is 21.3 Å². The maximum absolute atomic E-state index is 11.6. The lowest BCUT2D eigenvalue weighted by Crippen LogP contribution is -2.23. The first-order valence-corrected chi connectivity index (χ1v) is 6.19. The Bertz CT molecular complexity index is 498. The van der Waals surface area contributed by atoms with E-state index in [1.807, 2.05) is 24.3 Å². The van der Waals surface area contributed by atoms with Crippen LogP contribution >= 0.6 is 15.9 Å². The minimum absolute atomic E-state index is 0.233. The van der Waals surface area contributed by atoms with Crippen molar-refractivity contribution in [3.05, 3.63) is 47.3 Å². The normalized spacial score (nSPS) is 10.2. The van der Waals surface area contributed by atoms with Crippen molar-refractivity contribution in [3.8, 4) is 0 Å². The molecule has 1 amide bonds. The van der Waals surface area contributed by atoms with E-state index in [1.54, 1.807) is 0 Å². The maximum atomic E-state index is 11.6. The molecule has 0 saturated carbocycles. The lowest BCUT2D eigenvalue weighted by Gasteiger charge is -2.04. The molecule has 0 unspecified atom stereocenters. The van der Waals surface area contributed by atoms with Gasteiger partial charge in [0.25, 0.3) is 5.91 Å². The van der Waals surface area contributed by atoms with Gasteiger partial charge in [-0.1, -0.05) is 40.2 Å².